The average Bonchev–Trinajstić information content (AvgIpc) is 2.89. The molecule has 0 radical (unpaired) electrons. The summed E-state index contributed by atoms with van der Waals surface area (Å²) in [6, 6.07) is 11.3. The summed E-state index contributed by atoms with van der Waals surface area (Å²) in [5, 5.41) is 3.57. The molecule has 0 unspecified atom stereocenters. The summed E-state index contributed by atoms with van der Waals surface area (Å²) in [6.07, 6.45) is 3.29. The van der Waals surface area contributed by atoms with Crippen LogP contribution in [0.1, 0.15) is 5.69 Å². The van der Waals surface area contributed by atoms with E-state index in [0.29, 0.717) is 12.1 Å². The van der Waals surface area contributed by atoms with Gasteiger partial charge in [-0.2, -0.15) is 0 Å². The van der Waals surface area contributed by atoms with Crippen molar-refractivity contribution in [3.63, 3.8) is 0 Å². The number of halogens is 1. The van der Waals surface area contributed by atoms with Crippen LogP contribution in [0.3, 0.4) is 0 Å². The molecule has 0 saturated heterocycles. The molecule has 0 fully saturated rings. The number of aromatic nitrogens is 2. The van der Waals surface area contributed by atoms with Crippen LogP contribution in [0.5, 0.6) is 0 Å². The molecule has 0 spiro atoms. The van der Waals surface area contributed by atoms with Gasteiger partial charge in [-0.1, -0.05) is 6.07 Å². The zero-order valence-electron chi connectivity index (χ0n) is 10.6. The van der Waals surface area contributed by atoms with E-state index in [1.165, 1.54) is 16.7 Å². The van der Waals surface area contributed by atoms with Gasteiger partial charge in [0.1, 0.15) is 5.82 Å². The number of hydrogen-bond donors (Lipinski definition) is 1. The van der Waals surface area contributed by atoms with Gasteiger partial charge in [-0.25, -0.2) is 9.18 Å². The number of nitrogens with zero attached hydrogens (tertiary/aromatic N) is 2. The maximum Gasteiger partial charge on any atom is 0.326 e. The summed E-state index contributed by atoms with van der Waals surface area (Å²) < 4.78 is 14.6. The van der Waals surface area contributed by atoms with Crippen LogP contribution in [0.4, 0.5) is 9.18 Å². The van der Waals surface area contributed by atoms with E-state index in [1.807, 2.05) is 18.2 Å². The summed E-state index contributed by atoms with van der Waals surface area (Å²) in [6.45, 7) is 0.328. The number of fused-ring (bicyclic) bond motifs is 1. The molecule has 1 amide bonds. The average molecular weight is 269 g/mol. The highest BCUT2D eigenvalue weighted by Crippen LogP contribution is 2.16. The summed E-state index contributed by atoms with van der Waals surface area (Å²) in [5.41, 5.74) is 1.31. The minimum Gasteiger partial charge on any atom is -0.332 e. The Labute approximate surface area is 114 Å². The first-order valence-electron chi connectivity index (χ1n) is 6.19. The third-order valence-electron chi connectivity index (χ3n) is 3.02. The number of rotatable bonds is 2. The SMILES string of the molecule is O=C(NCc1ccccn1)n1ccc2ccc(F)cc21. The minimum absolute atomic E-state index is 0.309. The summed E-state index contributed by atoms with van der Waals surface area (Å²) in [4.78, 5) is 16.2. The van der Waals surface area contributed by atoms with Gasteiger partial charge in [0.25, 0.3) is 0 Å². The fourth-order valence-electron chi connectivity index (χ4n) is 2.03. The van der Waals surface area contributed by atoms with Crippen molar-refractivity contribution in [2.45, 2.75) is 6.54 Å². The molecule has 1 aromatic carbocycles. The highest BCUT2D eigenvalue weighted by Gasteiger charge is 2.09. The first-order valence-corrected chi connectivity index (χ1v) is 6.19. The van der Waals surface area contributed by atoms with Gasteiger partial charge in [0.2, 0.25) is 0 Å². The molecule has 3 aromatic rings. The topological polar surface area (TPSA) is 46.9 Å². The van der Waals surface area contributed by atoms with Crippen molar-refractivity contribution >= 4 is 16.9 Å². The van der Waals surface area contributed by atoms with Gasteiger partial charge >= 0.3 is 6.03 Å². The number of carbonyl (C=O) groups is 1. The summed E-state index contributed by atoms with van der Waals surface area (Å²) in [5.74, 6) is -0.366. The van der Waals surface area contributed by atoms with Crippen LogP contribution in [0.25, 0.3) is 10.9 Å². The van der Waals surface area contributed by atoms with Crippen LogP contribution in [0, 0.1) is 5.82 Å². The van der Waals surface area contributed by atoms with Crippen molar-refractivity contribution < 1.29 is 9.18 Å². The van der Waals surface area contributed by atoms with E-state index < -0.39 is 0 Å². The van der Waals surface area contributed by atoms with Crippen molar-refractivity contribution in [2.24, 2.45) is 0 Å². The third-order valence-corrected chi connectivity index (χ3v) is 3.02. The van der Waals surface area contributed by atoms with E-state index in [4.69, 9.17) is 0 Å². The summed E-state index contributed by atoms with van der Waals surface area (Å²) in [7, 11) is 0. The van der Waals surface area contributed by atoms with E-state index >= 15 is 0 Å². The lowest BCUT2D eigenvalue weighted by molar-refractivity contribution is 0.243. The first-order chi connectivity index (χ1) is 9.74. The van der Waals surface area contributed by atoms with E-state index in [0.717, 1.165) is 11.1 Å². The Morgan fingerprint density at radius 1 is 1.25 bits per heavy atom. The first kappa shape index (κ1) is 12.3. The van der Waals surface area contributed by atoms with Crippen LogP contribution in [-0.2, 0) is 6.54 Å². The number of benzene rings is 1. The van der Waals surface area contributed by atoms with Gasteiger partial charge < -0.3 is 5.32 Å². The lowest BCUT2D eigenvalue weighted by Crippen LogP contribution is -2.27. The van der Waals surface area contributed by atoms with Crippen molar-refractivity contribution in [1.29, 1.82) is 0 Å². The zero-order valence-corrected chi connectivity index (χ0v) is 10.6. The minimum atomic E-state index is -0.366. The molecule has 4 nitrogen and oxygen atoms in total. The molecule has 0 bridgehead atoms. The smallest absolute Gasteiger partial charge is 0.326 e. The molecule has 0 saturated carbocycles. The van der Waals surface area contributed by atoms with Gasteiger partial charge in [-0.3, -0.25) is 9.55 Å². The molecule has 100 valence electrons. The van der Waals surface area contributed by atoms with Crippen LogP contribution >= 0.6 is 0 Å². The van der Waals surface area contributed by atoms with Crippen LogP contribution in [0.2, 0.25) is 0 Å². The Balaban J connectivity index is 1.80. The molecule has 0 aliphatic carbocycles. The second-order valence-corrected chi connectivity index (χ2v) is 4.37. The van der Waals surface area contributed by atoms with E-state index in [2.05, 4.69) is 10.3 Å². The number of carbonyl (C=O) groups excluding carboxylic acids is 1. The van der Waals surface area contributed by atoms with Crippen molar-refractivity contribution in [1.82, 2.24) is 14.9 Å². The fraction of sp³-hybridized carbons (Fsp3) is 0.0667. The molecular formula is C15H12FN3O. The van der Waals surface area contributed by atoms with E-state index in [1.54, 1.807) is 24.5 Å². The molecule has 5 heteroatoms. The molecular weight excluding hydrogens is 257 g/mol. The Bertz CT molecular complexity index is 752. The number of amides is 1. The molecule has 0 aliphatic rings. The molecule has 20 heavy (non-hydrogen) atoms. The predicted molar refractivity (Wildman–Crippen MR) is 73.8 cm³/mol. The molecule has 2 aromatic heterocycles. The molecule has 3 rings (SSSR count). The van der Waals surface area contributed by atoms with Gasteiger partial charge in [-0.15, -0.1) is 0 Å². The normalized spacial score (nSPS) is 10.7. The Hall–Kier alpha value is -2.69. The second kappa shape index (κ2) is 5.13. The van der Waals surface area contributed by atoms with Crippen LogP contribution in [-0.4, -0.2) is 15.6 Å². The fourth-order valence-corrected chi connectivity index (χ4v) is 2.03. The maximum absolute atomic E-state index is 13.3. The van der Waals surface area contributed by atoms with Crippen LogP contribution < -0.4 is 5.32 Å². The number of hydrogen-bond acceptors (Lipinski definition) is 2. The van der Waals surface area contributed by atoms with Crippen molar-refractivity contribution in [3.8, 4) is 0 Å². The molecule has 2 heterocycles. The van der Waals surface area contributed by atoms with E-state index in [-0.39, 0.29) is 11.8 Å². The Morgan fingerprint density at radius 3 is 2.95 bits per heavy atom. The quantitative estimate of drug-likeness (QED) is 0.777. The predicted octanol–water partition coefficient (Wildman–Crippen LogP) is 2.93. The molecule has 0 atom stereocenters. The van der Waals surface area contributed by atoms with Gasteiger partial charge in [-0.05, 0) is 36.4 Å². The van der Waals surface area contributed by atoms with Crippen molar-refractivity contribution in [2.75, 3.05) is 0 Å². The van der Waals surface area contributed by atoms with Gasteiger partial charge in [0, 0.05) is 17.8 Å². The monoisotopic (exact) mass is 269 g/mol. The molecule has 0 aliphatic heterocycles. The zero-order chi connectivity index (χ0) is 13.9. The summed E-state index contributed by atoms with van der Waals surface area (Å²) >= 11 is 0. The van der Waals surface area contributed by atoms with Gasteiger partial charge in [0.05, 0.1) is 17.8 Å². The third kappa shape index (κ3) is 2.38. The number of pyridine rings is 1. The highest BCUT2D eigenvalue weighted by molar-refractivity contribution is 5.91. The molecule has 1 N–H and O–H groups in total. The number of nitrogens with one attached hydrogen (secondary N) is 1. The van der Waals surface area contributed by atoms with E-state index in [9.17, 15) is 9.18 Å². The van der Waals surface area contributed by atoms with Gasteiger partial charge in [0.15, 0.2) is 0 Å². The standard InChI is InChI=1S/C15H12FN3O/c16-12-5-4-11-6-8-19(14(11)9-12)15(20)18-10-13-3-1-2-7-17-13/h1-9H,10H2,(H,18,20). The van der Waals surface area contributed by atoms with Crippen molar-refractivity contribution in [3.05, 3.63) is 66.4 Å². The highest BCUT2D eigenvalue weighted by atomic mass is 19.1. The Morgan fingerprint density at radius 2 is 2.15 bits per heavy atom. The lowest BCUT2D eigenvalue weighted by Gasteiger charge is -2.06. The lowest BCUT2D eigenvalue weighted by atomic mass is 10.2. The maximum atomic E-state index is 13.3. The van der Waals surface area contributed by atoms with Crippen LogP contribution in [0.15, 0.2) is 54.9 Å². The largest absolute Gasteiger partial charge is 0.332 e. The Kier molecular flexibility index (Phi) is 3.16. The second-order valence-electron chi connectivity index (χ2n) is 4.37.